The van der Waals surface area contributed by atoms with Gasteiger partial charge in [0.2, 0.25) is 0 Å². The second-order valence-corrected chi connectivity index (χ2v) is 4.86. The Morgan fingerprint density at radius 3 is 2.44 bits per heavy atom. The number of aromatic nitrogens is 1. The van der Waals surface area contributed by atoms with Crippen molar-refractivity contribution in [2.45, 2.75) is 33.2 Å². The maximum Gasteiger partial charge on any atom is 0.0423 e. The van der Waals surface area contributed by atoms with Crippen LogP contribution in [0.15, 0.2) is 36.4 Å². The number of nitrogens with zero attached hydrogens (tertiary/aromatic N) is 1. The molecule has 0 fully saturated rings. The van der Waals surface area contributed by atoms with E-state index in [1.165, 1.54) is 11.1 Å². The molecule has 2 aromatic rings. The second-order valence-electron chi connectivity index (χ2n) is 4.86. The van der Waals surface area contributed by atoms with Crippen LogP contribution in [-0.4, -0.2) is 4.98 Å². The SMILES string of the molecule is Cc1ccc(C(N)Cc2ccccc2C)c(C)n1. The molecule has 94 valence electrons. The number of aryl methyl sites for hydroxylation is 3. The molecular weight excluding hydrogens is 220 g/mol. The summed E-state index contributed by atoms with van der Waals surface area (Å²) in [5.74, 6) is 0. The van der Waals surface area contributed by atoms with Gasteiger partial charge in [-0.25, -0.2) is 0 Å². The van der Waals surface area contributed by atoms with Crippen LogP contribution < -0.4 is 5.73 Å². The molecule has 0 spiro atoms. The molecule has 0 bridgehead atoms. The summed E-state index contributed by atoms with van der Waals surface area (Å²) in [6, 6.07) is 12.5. The van der Waals surface area contributed by atoms with E-state index in [1.54, 1.807) is 0 Å². The molecule has 0 radical (unpaired) electrons. The van der Waals surface area contributed by atoms with Gasteiger partial charge in [0.1, 0.15) is 0 Å². The van der Waals surface area contributed by atoms with Crippen molar-refractivity contribution in [3.8, 4) is 0 Å². The zero-order valence-electron chi connectivity index (χ0n) is 11.3. The largest absolute Gasteiger partial charge is 0.324 e. The summed E-state index contributed by atoms with van der Waals surface area (Å²) < 4.78 is 0. The molecule has 1 aromatic carbocycles. The van der Waals surface area contributed by atoms with Gasteiger partial charge in [-0.15, -0.1) is 0 Å². The van der Waals surface area contributed by atoms with Crippen molar-refractivity contribution in [3.63, 3.8) is 0 Å². The predicted molar refractivity (Wildman–Crippen MR) is 75.5 cm³/mol. The molecule has 18 heavy (non-hydrogen) atoms. The standard InChI is InChI=1S/C16H20N2/c1-11-6-4-5-7-14(11)10-16(17)15-9-8-12(2)18-13(15)3/h4-9,16H,10,17H2,1-3H3. The van der Waals surface area contributed by atoms with E-state index in [-0.39, 0.29) is 6.04 Å². The van der Waals surface area contributed by atoms with E-state index in [9.17, 15) is 0 Å². The van der Waals surface area contributed by atoms with Crippen molar-refractivity contribution >= 4 is 0 Å². The highest BCUT2D eigenvalue weighted by atomic mass is 14.7. The van der Waals surface area contributed by atoms with Crippen molar-refractivity contribution in [3.05, 3.63) is 64.5 Å². The maximum absolute atomic E-state index is 6.31. The minimum Gasteiger partial charge on any atom is -0.324 e. The van der Waals surface area contributed by atoms with Gasteiger partial charge >= 0.3 is 0 Å². The summed E-state index contributed by atoms with van der Waals surface area (Å²) in [5, 5.41) is 0. The van der Waals surface area contributed by atoms with Crippen LogP contribution in [0.4, 0.5) is 0 Å². The molecule has 1 unspecified atom stereocenters. The molecule has 0 aliphatic rings. The van der Waals surface area contributed by atoms with Gasteiger partial charge in [0, 0.05) is 17.4 Å². The van der Waals surface area contributed by atoms with Crippen LogP contribution >= 0.6 is 0 Å². The molecule has 1 atom stereocenters. The molecule has 0 aliphatic heterocycles. The number of rotatable bonds is 3. The van der Waals surface area contributed by atoms with Crippen molar-refractivity contribution in [2.24, 2.45) is 5.73 Å². The predicted octanol–water partition coefficient (Wildman–Crippen LogP) is 3.25. The van der Waals surface area contributed by atoms with E-state index < -0.39 is 0 Å². The second kappa shape index (κ2) is 5.32. The Hall–Kier alpha value is -1.67. The maximum atomic E-state index is 6.31. The van der Waals surface area contributed by atoms with E-state index in [1.807, 2.05) is 19.9 Å². The number of hydrogen-bond acceptors (Lipinski definition) is 2. The zero-order valence-corrected chi connectivity index (χ0v) is 11.3. The molecule has 2 N–H and O–H groups in total. The molecule has 2 heteroatoms. The molecule has 2 rings (SSSR count). The Labute approximate surface area is 109 Å². The van der Waals surface area contributed by atoms with Crippen LogP contribution in [0.1, 0.15) is 34.1 Å². The molecule has 0 saturated carbocycles. The lowest BCUT2D eigenvalue weighted by Gasteiger charge is -2.16. The first-order valence-electron chi connectivity index (χ1n) is 6.32. The third kappa shape index (κ3) is 2.77. The first kappa shape index (κ1) is 12.8. The van der Waals surface area contributed by atoms with Crippen LogP contribution in [-0.2, 0) is 6.42 Å². The van der Waals surface area contributed by atoms with Crippen LogP contribution in [0.2, 0.25) is 0 Å². The lowest BCUT2D eigenvalue weighted by Crippen LogP contribution is -2.16. The molecule has 0 saturated heterocycles. The molecular formula is C16H20N2. The first-order valence-corrected chi connectivity index (χ1v) is 6.32. The Morgan fingerprint density at radius 2 is 1.78 bits per heavy atom. The van der Waals surface area contributed by atoms with Gasteiger partial charge in [-0.05, 0) is 49.9 Å². The van der Waals surface area contributed by atoms with Gasteiger partial charge in [0.05, 0.1) is 0 Å². The fourth-order valence-electron chi connectivity index (χ4n) is 2.28. The van der Waals surface area contributed by atoms with E-state index in [2.05, 4.69) is 42.2 Å². The lowest BCUT2D eigenvalue weighted by molar-refractivity contribution is 0.707. The summed E-state index contributed by atoms with van der Waals surface area (Å²) in [7, 11) is 0. The Bertz CT molecular complexity index is 547. The quantitative estimate of drug-likeness (QED) is 0.894. The van der Waals surface area contributed by atoms with Crippen LogP contribution in [0.3, 0.4) is 0 Å². The Kier molecular flexibility index (Phi) is 3.78. The highest BCUT2D eigenvalue weighted by Crippen LogP contribution is 2.20. The lowest BCUT2D eigenvalue weighted by atomic mass is 9.96. The molecule has 1 heterocycles. The Balaban J connectivity index is 2.22. The number of hydrogen-bond donors (Lipinski definition) is 1. The minimum absolute atomic E-state index is 0.0131. The van der Waals surface area contributed by atoms with Gasteiger partial charge in [-0.1, -0.05) is 30.3 Å². The van der Waals surface area contributed by atoms with Crippen LogP contribution in [0, 0.1) is 20.8 Å². The zero-order chi connectivity index (χ0) is 13.1. The molecule has 0 aliphatic carbocycles. The summed E-state index contributed by atoms with van der Waals surface area (Å²) in [5.41, 5.74) is 12.1. The Morgan fingerprint density at radius 1 is 1.06 bits per heavy atom. The van der Waals surface area contributed by atoms with Gasteiger partial charge in [-0.3, -0.25) is 4.98 Å². The fraction of sp³-hybridized carbons (Fsp3) is 0.312. The monoisotopic (exact) mass is 240 g/mol. The van der Waals surface area contributed by atoms with E-state index in [0.29, 0.717) is 0 Å². The highest BCUT2D eigenvalue weighted by molar-refractivity contribution is 5.30. The molecule has 0 amide bonds. The average molecular weight is 240 g/mol. The topological polar surface area (TPSA) is 38.9 Å². The number of nitrogens with two attached hydrogens (primary N) is 1. The molecule has 2 nitrogen and oxygen atoms in total. The van der Waals surface area contributed by atoms with Gasteiger partial charge in [-0.2, -0.15) is 0 Å². The van der Waals surface area contributed by atoms with E-state index in [0.717, 1.165) is 23.4 Å². The van der Waals surface area contributed by atoms with Gasteiger partial charge < -0.3 is 5.73 Å². The summed E-state index contributed by atoms with van der Waals surface area (Å²) in [6.45, 7) is 6.16. The van der Waals surface area contributed by atoms with Crippen molar-refractivity contribution < 1.29 is 0 Å². The third-order valence-electron chi connectivity index (χ3n) is 3.37. The number of benzene rings is 1. The van der Waals surface area contributed by atoms with Gasteiger partial charge in [0.15, 0.2) is 0 Å². The highest BCUT2D eigenvalue weighted by Gasteiger charge is 2.11. The first-order chi connectivity index (χ1) is 8.58. The summed E-state index contributed by atoms with van der Waals surface area (Å²) in [4.78, 5) is 4.48. The molecule has 1 aromatic heterocycles. The van der Waals surface area contributed by atoms with E-state index >= 15 is 0 Å². The van der Waals surface area contributed by atoms with Gasteiger partial charge in [0.25, 0.3) is 0 Å². The van der Waals surface area contributed by atoms with Crippen molar-refractivity contribution in [1.29, 1.82) is 0 Å². The smallest absolute Gasteiger partial charge is 0.0423 e. The third-order valence-corrected chi connectivity index (χ3v) is 3.37. The van der Waals surface area contributed by atoms with E-state index in [4.69, 9.17) is 5.73 Å². The average Bonchev–Trinajstić information content (AvgIpc) is 2.32. The fourth-order valence-corrected chi connectivity index (χ4v) is 2.28. The minimum atomic E-state index is 0.0131. The van der Waals surface area contributed by atoms with Crippen molar-refractivity contribution in [1.82, 2.24) is 4.98 Å². The normalized spacial score (nSPS) is 12.4. The van der Waals surface area contributed by atoms with Crippen LogP contribution in [0.5, 0.6) is 0 Å². The van der Waals surface area contributed by atoms with Crippen LogP contribution in [0.25, 0.3) is 0 Å². The summed E-state index contributed by atoms with van der Waals surface area (Å²) in [6.07, 6.45) is 0.859. The summed E-state index contributed by atoms with van der Waals surface area (Å²) >= 11 is 0. The van der Waals surface area contributed by atoms with Crippen molar-refractivity contribution in [2.75, 3.05) is 0 Å². The number of pyridine rings is 1.